The van der Waals surface area contributed by atoms with Gasteiger partial charge in [-0.25, -0.2) is 4.98 Å². The molecule has 5 heteroatoms. The van der Waals surface area contributed by atoms with Crippen LogP contribution < -0.4 is 5.56 Å². The molecule has 0 saturated heterocycles. The second-order valence-corrected chi connectivity index (χ2v) is 12.7. The van der Waals surface area contributed by atoms with Crippen LogP contribution in [0.4, 0.5) is 0 Å². The number of aryl methyl sites for hydroxylation is 1. The summed E-state index contributed by atoms with van der Waals surface area (Å²) in [6, 6.07) is 1.82. The van der Waals surface area contributed by atoms with Crippen molar-refractivity contribution >= 4 is 10.9 Å². The minimum atomic E-state index is -0.0917. The van der Waals surface area contributed by atoms with E-state index in [1.54, 1.807) is 12.4 Å². The molecule has 0 aliphatic heterocycles. The molecule has 2 heterocycles. The average Bonchev–Trinajstić information content (AvgIpc) is 3.16. The molecule has 34 heavy (non-hydrogen) atoms. The van der Waals surface area contributed by atoms with Gasteiger partial charge in [-0.15, -0.1) is 0 Å². The van der Waals surface area contributed by atoms with Crippen molar-refractivity contribution in [3.8, 4) is 0 Å². The van der Waals surface area contributed by atoms with Crippen LogP contribution in [0.2, 0.25) is 0 Å². The first-order valence-electron chi connectivity index (χ1n) is 13.9. The third-order valence-electron chi connectivity index (χ3n) is 11.3. The predicted molar refractivity (Wildman–Crippen MR) is 134 cm³/mol. The van der Waals surface area contributed by atoms with Crippen LogP contribution in [0.15, 0.2) is 23.3 Å². The Balaban J connectivity index is 1.15. The predicted octanol–water partition coefficient (Wildman–Crippen LogP) is 5.66. The van der Waals surface area contributed by atoms with E-state index in [1.165, 1.54) is 57.8 Å². The highest BCUT2D eigenvalue weighted by molar-refractivity contribution is 5.75. The van der Waals surface area contributed by atoms with E-state index in [1.807, 2.05) is 6.07 Å². The molecule has 5 nitrogen and oxygen atoms in total. The number of pyridine rings is 1. The van der Waals surface area contributed by atoms with E-state index in [0.717, 1.165) is 48.4 Å². The van der Waals surface area contributed by atoms with E-state index in [4.69, 9.17) is 0 Å². The molecule has 4 aliphatic carbocycles. The number of rotatable bonds is 4. The molecule has 8 atom stereocenters. The maximum Gasteiger partial charge on any atom is 0.260 e. The minimum absolute atomic E-state index is 0.0832. The van der Waals surface area contributed by atoms with Crippen molar-refractivity contribution in [2.24, 2.45) is 40.4 Å². The van der Waals surface area contributed by atoms with E-state index in [-0.39, 0.29) is 11.7 Å². The Bertz CT molecular complexity index is 1110. The van der Waals surface area contributed by atoms with Crippen LogP contribution in [0.1, 0.15) is 90.3 Å². The SMILES string of the molecule is CC12CCC3C(C(O)CC4CCCCC43C)C1CCC2CCCc1nc2ccncc2c(=O)[nH]1. The Morgan fingerprint density at radius 2 is 1.94 bits per heavy atom. The highest BCUT2D eigenvalue weighted by Crippen LogP contribution is 2.67. The van der Waals surface area contributed by atoms with Crippen molar-refractivity contribution < 1.29 is 5.11 Å². The molecule has 184 valence electrons. The van der Waals surface area contributed by atoms with Crippen molar-refractivity contribution in [3.05, 3.63) is 34.6 Å². The summed E-state index contributed by atoms with van der Waals surface area (Å²) < 4.78 is 0. The molecule has 0 radical (unpaired) electrons. The van der Waals surface area contributed by atoms with Crippen LogP contribution in [0, 0.1) is 40.4 Å². The fraction of sp³-hybridized carbons (Fsp3) is 0.759. The topological polar surface area (TPSA) is 78.9 Å². The van der Waals surface area contributed by atoms with Crippen molar-refractivity contribution in [2.45, 2.75) is 97.0 Å². The third-order valence-corrected chi connectivity index (χ3v) is 11.3. The lowest BCUT2D eigenvalue weighted by Gasteiger charge is -2.62. The van der Waals surface area contributed by atoms with Crippen LogP contribution in [0.3, 0.4) is 0 Å². The Morgan fingerprint density at radius 1 is 1.09 bits per heavy atom. The summed E-state index contributed by atoms with van der Waals surface area (Å²) in [4.78, 5) is 24.1. The van der Waals surface area contributed by atoms with Gasteiger partial charge in [0.2, 0.25) is 0 Å². The van der Waals surface area contributed by atoms with Crippen LogP contribution in [0.25, 0.3) is 10.9 Å². The molecule has 4 saturated carbocycles. The van der Waals surface area contributed by atoms with E-state index in [9.17, 15) is 9.90 Å². The summed E-state index contributed by atoms with van der Waals surface area (Å²) in [6.45, 7) is 5.14. The summed E-state index contributed by atoms with van der Waals surface area (Å²) >= 11 is 0. The number of H-pyrrole nitrogens is 1. The van der Waals surface area contributed by atoms with Crippen LogP contribution in [-0.2, 0) is 6.42 Å². The molecule has 6 rings (SSSR count). The van der Waals surface area contributed by atoms with Crippen LogP contribution in [0.5, 0.6) is 0 Å². The molecule has 8 unspecified atom stereocenters. The molecule has 4 aliphatic rings. The first-order chi connectivity index (χ1) is 16.4. The molecular weight excluding hydrogens is 422 g/mol. The van der Waals surface area contributed by atoms with Crippen molar-refractivity contribution in [2.75, 3.05) is 0 Å². The number of aliphatic hydroxyl groups excluding tert-OH is 1. The first kappa shape index (κ1) is 22.7. The Labute approximate surface area is 203 Å². The summed E-state index contributed by atoms with van der Waals surface area (Å²) in [7, 11) is 0. The fourth-order valence-electron chi connectivity index (χ4n) is 9.50. The van der Waals surface area contributed by atoms with Gasteiger partial charge in [-0.2, -0.15) is 0 Å². The number of aromatic nitrogens is 3. The first-order valence-corrected chi connectivity index (χ1v) is 13.9. The zero-order chi connectivity index (χ0) is 23.5. The van der Waals surface area contributed by atoms with Gasteiger partial charge in [-0.1, -0.05) is 26.7 Å². The number of nitrogens with zero attached hydrogens (tertiary/aromatic N) is 2. The van der Waals surface area contributed by atoms with E-state index >= 15 is 0 Å². The van der Waals surface area contributed by atoms with Gasteiger partial charge in [-0.3, -0.25) is 9.78 Å². The molecule has 0 spiro atoms. The van der Waals surface area contributed by atoms with E-state index in [2.05, 4.69) is 28.8 Å². The smallest absolute Gasteiger partial charge is 0.260 e. The highest BCUT2D eigenvalue weighted by atomic mass is 16.3. The molecule has 2 aromatic rings. The van der Waals surface area contributed by atoms with Crippen LogP contribution >= 0.6 is 0 Å². The number of aliphatic hydroxyl groups is 1. The number of aromatic amines is 1. The van der Waals surface area contributed by atoms with Gasteiger partial charge in [0.25, 0.3) is 5.56 Å². The molecule has 2 aromatic heterocycles. The van der Waals surface area contributed by atoms with Gasteiger partial charge in [-0.05, 0) is 104 Å². The van der Waals surface area contributed by atoms with Gasteiger partial charge in [0.05, 0.1) is 17.0 Å². The lowest BCUT2D eigenvalue weighted by atomic mass is 9.44. The van der Waals surface area contributed by atoms with Crippen LogP contribution in [-0.4, -0.2) is 26.2 Å². The van der Waals surface area contributed by atoms with Gasteiger partial charge in [0.1, 0.15) is 5.82 Å². The quantitative estimate of drug-likeness (QED) is 0.613. The molecule has 0 bridgehead atoms. The van der Waals surface area contributed by atoms with Gasteiger partial charge < -0.3 is 10.1 Å². The lowest BCUT2D eigenvalue weighted by molar-refractivity contribution is -0.162. The van der Waals surface area contributed by atoms with E-state index < -0.39 is 0 Å². The zero-order valence-electron chi connectivity index (χ0n) is 20.9. The number of nitrogens with one attached hydrogen (secondary N) is 1. The summed E-state index contributed by atoms with van der Waals surface area (Å²) in [5, 5.41) is 12.0. The monoisotopic (exact) mass is 463 g/mol. The molecule has 0 amide bonds. The number of hydrogen-bond acceptors (Lipinski definition) is 4. The van der Waals surface area contributed by atoms with E-state index in [0.29, 0.717) is 28.1 Å². The Hall–Kier alpha value is -1.75. The highest BCUT2D eigenvalue weighted by Gasteiger charge is 2.61. The third kappa shape index (κ3) is 3.48. The Kier molecular flexibility index (Phi) is 5.63. The minimum Gasteiger partial charge on any atom is -0.393 e. The lowest BCUT2D eigenvalue weighted by Crippen LogP contribution is -2.57. The summed E-state index contributed by atoms with van der Waals surface area (Å²) in [6.07, 6.45) is 18.0. The molecule has 2 N–H and O–H groups in total. The maximum absolute atomic E-state index is 12.4. The molecular formula is C29H41N3O2. The maximum atomic E-state index is 12.4. The van der Waals surface area contributed by atoms with Gasteiger partial charge >= 0.3 is 0 Å². The fourth-order valence-corrected chi connectivity index (χ4v) is 9.50. The van der Waals surface area contributed by atoms with Crippen molar-refractivity contribution in [3.63, 3.8) is 0 Å². The number of fused-ring (bicyclic) bond motifs is 6. The normalized spacial score (nSPS) is 41.6. The summed E-state index contributed by atoms with van der Waals surface area (Å²) in [5.74, 6) is 4.17. The standard InChI is InChI=1S/C29H41N3O2/c1-28-13-4-3-6-19(28)16-24(33)26-21-10-9-18(29(21,2)14-11-22(26)28)7-5-8-25-31-23-12-15-30-17-20(23)27(34)32-25/h12,15,17-19,21-22,24,26,33H,3-11,13-14,16H2,1-2H3,(H,31,32,34). The summed E-state index contributed by atoms with van der Waals surface area (Å²) in [5.41, 5.74) is 1.47. The van der Waals surface area contributed by atoms with Crippen molar-refractivity contribution in [1.29, 1.82) is 0 Å². The van der Waals surface area contributed by atoms with Gasteiger partial charge in [0.15, 0.2) is 0 Å². The van der Waals surface area contributed by atoms with Crippen molar-refractivity contribution in [1.82, 2.24) is 15.0 Å². The zero-order valence-corrected chi connectivity index (χ0v) is 20.9. The number of hydrogen-bond donors (Lipinski definition) is 2. The average molecular weight is 464 g/mol. The molecule has 0 aromatic carbocycles. The van der Waals surface area contributed by atoms with Gasteiger partial charge in [0, 0.05) is 18.8 Å². The second kappa shape index (κ2) is 8.43. The molecule has 4 fully saturated rings. The second-order valence-electron chi connectivity index (χ2n) is 12.7. The Morgan fingerprint density at radius 3 is 2.82 bits per heavy atom. The largest absolute Gasteiger partial charge is 0.393 e.